The maximum Gasteiger partial charge on any atom is 0.129 e. The van der Waals surface area contributed by atoms with Crippen LogP contribution in [0.5, 0.6) is 0 Å². The molecule has 1 atom stereocenters. The van der Waals surface area contributed by atoms with Gasteiger partial charge in [-0.2, -0.15) is 0 Å². The molecule has 0 saturated carbocycles. The van der Waals surface area contributed by atoms with E-state index in [1.807, 2.05) is 12.1 Å². The van der Waals surface area contributed by atoms with Crippen molar-refractivity contribution in [2.75, 3.05) is 13.2 Å². The van der Waals surface area contributed by atoms with Gasteiger partial charge in [0.2, 0.25) is 0 Å². The summed E-state index contributed by atoms with van der Waals surface area (Å²) in [6.07, 6.45) is 2.96. The molecule has 0 aliphatic carbocycles. The van der Waals surface area contributed by atoms with Crippen molar-refractivity contribution in [2.45, 2.75) is 46.1 Å². The van der Waals surface area contributed by atoms with E-state index in [0.29, 0.717) is 11.1 Å². The number of benzene rings is 1. The maximum atomic E-state index is 13.5. The van der Waals surface area contributed by atoms with Crippen molar-refractivity contribution in [1.82, 2.24) is 5.32 Å². The molecule has 1 unspecified atom stereocenters. The van der Waals surface area contributed by atoms with E-state index in [0.717, 1.165) is 31.4 Å². The third-order valence-corrected chi connectivity index (χ3v) is 3.24. The van der Waals surface area contributed by atoms with Crippen LogP contribution in [0, 0.1) is 19.7 Å². The Morgan fingerprint density at radius 2 is 1.78 bits per heavy atom. The summed E-state index contributed by atoms with van der Waals surface area (Å²) in [4.78, 5) is 0. The molecule has 18 heavy (non-hydrogen) atoms. The first-order valence-electron chi connectivity index (χ1n) is 6.67. The van der Waals surface area contributed by atoms with Crippen LogP contribution in [-0.2, 0) is 0 Å². The molecule has 0 amide bonds. The summed E-state index contributed by atoms with van der Waals surface area (Å²) in [5, 5.41) is 12.1. The van der Waals surface area contributed by atoms with Gasteiger partial charge < -0.3 is 10.4 Å². The number of hydrogen-bond donors (Lipinski definition) is 2. The molecule has 0 saturated heterocycles. The largest absolute Gasteiger partial charge is 0.396 e. The van der Waals surface area contributed by atoms with Crippen molar-refractivity contribution in [2.24, 2.45) is 0 Å². The van der Waals surface area contributed by atoms with Gasteiger partial charge in [0, 0.05) is 12.6 Å². The highest BCUT2D eigenvalue weighted by Crippen LogP contribution is 2.19. The van der Waals surface area contributed by atoms with Crippen molar-refractivity contribution in [3.8, 4) is 0 Å². The van der Waals surface area contributed by atoms with Crippen LogP contribution in [0.15, 0.2) is 12.1 Å². The molecule has 102 valence electrons. The van der Waals surface area contributed by atoms with Crippen LogP contribution >= 0.6 is 0 Å². The van der Waals surface area contributed by atoms with Crippen LogP contribution in [0.2, 0.25) is 0 Å². The van der Waals surface area contributed by atoms with Crippen molar-refractivity contribution in [1.29, 1.82) is 0 Å². The molecule has 2 nitrogen and oxygen atoms in total. The first kappa shape index (κ1) is 15.1. The lowest BCUT2D eigenvalue weighted by Crippen LogP contribution is -2.20. The average molecular weight is 253 g/mol. The van der Waals surface area contributed by atoms with Crippen LogP contribution in [0.25, 0.3) is 0 Å². The second-order valence-corrected chi connectivity index (χ2v) is 4.93. The Morgan fingerprint density at radius 3 is 2.33 bits per heavy atom. The van der Waals surface area contributed by atoms with E-state index in [2.05, 4.69) is 12.2 Å². The third kappa shape index (κ3) is 4.39. The molecule has 2 N–H and O–H groups in total. The molecule has 0 bridgehead atoms. The van der Waals surface area contributed by atoms with Crippen LogP contribution in [0.1, 0.15) is 48.9 Å². The number of aryl methyl sites for hydroxylation is 2. The minimum atomic E-state index is -0.103. The Kier molecular flexibility index (Phi) is 6.30. The normalized spacial score (nSPS) is 12.7. The molecule has 0 heterocycles. The first-order valence-corrected chi connectivity index (χ1v) is 6.67. The molecule has 3 heteroatoms. The maximum absolute atomic E-state index is 13.5. The van der Waals surface area contributed by atoms with E-state index in [1.54, 1.807) is 13.8 Å². The Hall–Kier alpha value is -0.930. The summed E-state index contributed by atoms with van der Waals surface area (Å²) in [6.45, 7) is 6.90. The molecule has 1 rings (SSSR count). The Bertz CT molecular complexity index is 356. The number of rotatable bonds is 7. The van der Waals surface area contributed by atoms with Gasteiger partial charge in [0.1, 0.15) is 5.82 Å². The number of halogens is 1. The third-order valence-electron chi connectivity index (χ3n) is 3.24. The highest BCUT2D eigenvalue weighted by Gasteiger charge is 2.09. The Labute approximate surface area is 109 Å². The van der Waals surface area contributed by atoms with Gasteiger partial charge in [-0.05, 0) is 63.3 Å². The number of aliphatic hydroxyl groups excluding tert-OH is 1. The summed E-state index contributed by atoms with van der Waals surface area (Å²) in [6, 6.07) is 4.05. The molecular formula is C15H24FNO. The zero-order valence-corrected chi connectivity index (χ0v) is 11.6. The minimum Gasteiger partial charge on any atom is -0.396 e. The fourth-order valence-electron chi connectivity index (χ4n) is 2.08. The van der Waals surface area contributed by atoms with E-state index < -0.39 is 0 Å². The highest BCUT2D eigenvalue weighted by atomic mass is 19.1. The van der Waals surface area contributed by atoms with Gasteiger partial charge in [-0.1, -0.05) is 12.1 Å². The second kappa shape index (κ2) is 7.49. The number of hydrogen-bond acceptors (Lipinski definition) is 2. The molecule has 0 aromatic heterocycles. The molecule has 0 spiro atoms. The zero-order chi connectivity index (χ0) is 13.5. The molecule has 0 fully saturated rings. The van der Waals surface area contributed by atoms with Gasteiger partial charge in [0.25, 0.3) is 0 Å². The van der Waals surface area contributed by atoms with Gasteiger partial charge in [-0.15, -0.1) is 0 Å². The van der Waals surface area contributed by atoms with Crippen LogP contribution in [-0.4, -0.2) is 18.3 Å². The lowest BCUT2D eigenvalue weighted by atomic mass is 10.0. The first-order chi connectivity index (χ1) is 8.56. The summed E-state index contributed by atoms with van der Waals surface area (Å²) in [5.74, 6) is -0.103. The Balaban J connectivity index is 2.49. The fraction of sp³-hybridized carbons (Fsp3) is 0.600. The van der Waals surface area contributed by atoms with Gasteiger partial charge >= 0.3 is 0 Å². The van der Waals surface area contributed by atoms with Crippen molar-refractivity contribution < 1.29 is 9.50 Å². The minimum absolute atomic E-state index is 0.103. The molecular weight excluding hydrogens is 229 g/mol. The van der Waals surface area contributed by atoms with Gasteiger partial charge in [-0.25, -0.2) is 4.39 Å². The van der Waals surface area contributed by atoms with E-state index in [9.17, 15) is 4.39 Å². The molecule has 1 aromatic rings. The van der Waals surface area contributed by atoms with E-state index >= 15 is 0 Å². The summed E-state index contributed by atoms with van der Waals surface area (Å²) in [7, 11) is 0. The van der Waals surface area contributed by atoms with Crippen molar-refractivity contribution in [3.05, 3.63) is 34.6 Å². The molecule has 1 aromatic carbocycles. The molecule has 0 radical (unpaired) electrons. The molecule has 0 aliphatic rings. The predicted molar refractivity (Wildman–Crippen MR) is 73.2 cm³/mol. The standard InChI is InChI=1S/C15H24FNO/c1-11-9-14(10-12(2)15(11)16)13(3)17-7-5-4-6-8-18/h9-10,13,17-18H,4-8H2,1-3H3. The van der Waals surface area contributed by atoms with Crippen LogP contribution in [0.4, 0.5) is 4.39 Å². The summed E-state index contributed by atoms with van der Waals surface area (Å²) >= 11 is 0. The van der Waals surface area contributed by atoms with Crippen LogP contribution in [0.3, 0.4) is 0 Å². The van der Waals surface area contributed by atoms with Gasteiger partial charge in [0.15, 0.2) is 0 Å². The van der Waals surface area contributed by atoms with Gasteiger partial charge in [-0.3, -0.25) is 0 Å². The van der Waals surface area contributed by atoms with Crippen LogP contribution < -0.4 is 5.32 Å². The lowest BCUT2D eigenvalue weighted by Gasteiger charge is -2.16. The monoisotopic (exact) mass is 253 g/mol. The van der Waals surface area contributed by atoms with Gasteiger partial charge in [0.05, 0.1) is 0 Å². The smallest absolute Gasteiger partial charge is 0.129 e. The lowest BCUT2D eigenvalue weighted by molar-refractivity contribution is 0.282. The average Bonchev–Trinajstić information content (AvgIpc) is 2.34. The summed E-state index contributed by atoms with van der Waals surface area (Å²) in [5.41, 5.74) is 2.55. The van der Waals surface area contributed by atoms with E-state index in [4.69, 9.17) is 5.11 Å². The predicted octanol–water partition coefficient (Wildman–Crippen LogP) is 3.26. The second-order valence-electron chi connectivity index (χ2n) is 4.93. The SMILES string of the molecule is Cc1cc(C(C)NCCCCCO)cc(C)c1F. The van der Waals surface area contributed by atoms with E-state index in [1.165, 1.54) is 0 Å². The Morgan fingerprint density at radius 1 is 1.17 bits per heavy atom. The number of aliphatic hydroxyl groups is 1. The molecule has 0 aliphatic heterocycles. The zero-order valence-electron chi connectivity index (χ0n) is 11.6. The fourth-order valence-corrected chi connectivity index (χ4v) is 2.08. The van der Waals surface area contributed by atoms with Crippen molar-refractivity contribution >= 4 is 0 Å². The van der Waals surface area contributed by atoms with Crippen molar-refractivity contribution in [3.63, 3.8) is 0 Å². The summed E-state index contributed by atoms with van der Waals surface area (Å²) < 4.78 is 13.5. The topological polar surface area (TPSA) is 32.3 Å². The number of nitrogens with one attached hydrogen (secondary N) is 1. The quantitative estimate of drug-likeness (QED) is 0.731. The highest BCUT2D eigenvalue weighted by molar-refractivity contribution is 5.32. The van der Waals surface area contributed by atoms with E-state index in [-0.39, 0.29) is 18.5 Å². The number of unbranched alkanes of at least 4 members (excludes halogenated alkanes) is 2.